The standard InChI is InChI=1S/C37H52F3NO12P2S/c1-24-17-27-28-19-30(39)29-18-25(42)11-13-34(29,2)37(28,40)31(20-35(27,3)36(24,22-56-23-38)14-12-33(44)45)52-55(48,49)53-54(46,47)51-16-15-41-32(43)21-50-26-9-7-5-4-6-8-10-26/h11,13,18,22,24,26-28,30-31,56H,4-7,9,12,14-17,19-21,23H2,1-3H3,(H,41,43)(H,44,45)(H,46,47)(H,48,49)/t24-,26?,27+,28+,30+,31+,34+,35+,36-,37+/m1/s1. The highest BCUT2D eigenvalue weighted by Crippen LogP contribution is 2.75. The molecule has 12 atom stereocenters. The first-order valence-electron chi connectivity index (χ1n) is 18.9. The number of rotatable bonds is 16. The Morgan fingerprint density at radius 3 is 2.61 bits per heavy atom. The monoisotopic (exact) mass is 853 g/mol. The second-order valence-corrected chi connectivity index (χ2v) is 19.7. The number of carboxylic acids is 1. The number of aliphatic carboxylic acids is 1. The SMILES string of the molecule is C[C@@H]1C[C@H]2[C@@H]3C[C@H](F)C4=CC(=O)C=C[C@]4(C)[C@@]3(F)[C@@H](OP(=O)(O)OP(=O)(O)OCCNC(=O)COC3C#CCCCCC3)C[C@]2(C)[C@@]1(C=[SH]CF)CCC(=O)O. The third kappa shape index (κ3) is 9.04. The number of carbonyl (C=O) groups excluding carboxylic acids is 2. The number of nitrogens with one attached hydrogen (secondary N) is 1. The summed E-state index contributed by atoms with van der Waals surface area (Å²) in [5.74, 6) is 1.42. The van der Waals surface area contributed by atoms with Gasteiger partial charge in [-0.25, -0.2) is 22.3 Å². The van der Waals surface area contributed by atoms with Gasteiger partial charge in [0.25, 0.3) is 0 Å². The summed E-state index contributed by atoms with van der Waals surface area (Å²) < 4.78 is 95.8. The maximum absolute atomic E-state index is 18.6. The molecule has 314 valence electrons. The highest BCUT2D eigenvalue weighted by atomic mass is 32.1. The highest BCUT2D eigenvalue weighted by molar-refractivity contribution is 7.97. The molecular formula is C37H52F3NO12P2S. The molecule has 0 bridgehead atoms. The molecule has 1 amide bonds. The predicted octanol–water partition coefficient (Wildman–Crippen LogP) is 6.32. The second-order valence-electron chi connectivity index (χ2n) is 15.9. The van der Waals surface area contributed by atoms with Crippen molar-refractivity contribution in [3.63, 3.8) is 0 Å². The fraction of sp³-hybridized carbons (Fsp3) is 0.730. The van der Waals surface area contributed by atoms with E-state index in [1.165, 1.54) is 13.0 Å². The molecule has 3 saturated carbocycles. The number of fused-ring (bicyclic) bond motifs is 5. The number of ketones is 1. The van der Waals surface area contributed by atoms with Crippen LogP contribution >= 0.6 is 27.0 Å². The Bertz CT molecular complexity index is 1790. The van der Waals surface area contributed by atoms with E-state index in [1.54, 1.807) is 12.3 Å². The average molecular weight is 854 g/mol. The number of phosphoric ester groups is 2. The van der Waals surface area contributed by atoms with Crippen LogP contribution in [0.4, 0.5) is 13.2 Å². The Balaban J connectivity index is 1.37. The Morgan fingerprint density at radius 1 is 1.14 bits per heavy atom. The van der Waals surface area contributed by atoms with Gasteiger partial charge in [0.15, 0.2) is 11.5 Å². The maximum Gasteiger partial charge on any atom is 0.481 e. The van der Waals surface area contributed by atoms with Gasteiger partial charge in [-0.15, -0.1) is 5.92 Å². The summed E-state index contributed by atoms with van der Waals surface area (Å²) in [6, 6.07) is -0.797. The van der Waals surface area contributed by atoms with Gasteiger partial charge in [0.2, 0.25) is 5.91 Å². The van der Waals surface area contributed by atoms with E-state index in [2.05, 4.69) is 21.5 Å². The van der Waals surface area contributed by atoms with Crippen LogP contribution in [0.25, 0.3) is 0 Å². The van der Waals surface area contributed by atoms with E-state index >= 15 is 8.78 Å². The maximum atomic E-state index is 18.6. The summed E-state index contributed by atoms with van der Waals surface area (Å²) in [5, 5.41) is 13.8. The number of alkyl halides is 3. The summed E-state index contributed by atoms with van der Waals surface area (Å²) in [4.78, 5) is 58.0. The van der Waals surface area contributed by atoms with Crippen molar-refractivity contribution >= 4 is 50.0 Å². The lowest BCUT2D eigenvalue weighted by Crippen LogP contribution is -2.69. The average Bonchev–Trinajstić information content (AvgIpc) is 3.31. The van der Waals surface area contributed by atoms with Gasteiger partial charge < -0.3 is 24.9 Å². The first-order valence-corrected chi connectivity index (χ1v) is 23.0. The molecule has 5 rings (SSSR count). The Kier molecular flexibility index (Phi) is 14.1. The molecule has 0 aromatic carbocycles. The van der Waals surface area contributed by atoms with Gasteiger partial charge in [0.05, 0.1) is 6.61 Å². The zero-order valence-electron chi connectivity index (χ0n) is 31.7. The zero-order valence-corrected chi connectivity index (χ0v) is 34.3. The molecule has 19 heteroatoms. The lowest BCUT2D eigenvalue weighted by Gasteiger charge is -2.64. The Morgan fingerprint density at radius 2 is 1.89 bits per heavy atom. The minimum Gasteiger partial charge on any atom is -0.481 e. The smallest absolute Gasteiger partial charge is 0.481 e. The number of halogens is 3. The van der Waals surface area contributed by atoms with Crippen LogP contribution in [0, 0.1) is 45.8 Å². The minimum atomic E-state index is -5.74. The van der Waals surface area contributed by atoms with Crippen LogP contribution in [-0.2, 0) is 41.6 Å². The van der Waals surface area contributed by atoms with E-state index in [0.29, 0.717) is 6.42 Å². The van der Waals surface area contributed by atoms with Crippen molar-refractivity contribution in [2.75, 3.05) is 25.8 Å². The molecule has 3 fully saturated rings. The Hall–Kier alpha value is -2.12. The fourth-order valence-corrected chi connectivity index (χ4v) is 13.5. The van der Waals surface area contributed by atoms with Crippen molar-refractivity contribution in [3.05, 3.63) is 23.8 Å². The van der Waals surface area contributed by atoms with Crippen molar-refractivity contribution in [1.29, 1.82) is 0 Å². The molecule has 0 aromatic rings. The first-order chi connectivity index (χ1) is 26.2. The number of carboxylic acid groups (broad SMARTS) is 1. The summed E-state index contributed by atoms with van der Waals surface area (Å²) >= 11 is 0.220. The van der Waals surface area contributed by atoms with Crippen LogP contribution in [-0.4, -0.2) is 87.7 Å². The number of hydrogen-bond acceptors (Lipinski definition) is 9. The summed E-state index contributed by atoms with van der Waals surface area (Å²) in [7, 11) is -11.2. The van der Waals surface area contributed by atoms with Crippen molar-refractivity contribution in [1.82, 2.24) is 5.32 Å². The van der Waals surface area contributed by atoms with E-state index in [4.69, 9.17) is 13.8 Å². The van der Waals surface area contributed by atoms with Gasteiger partial charge in [0, 0.05) is 36.1 Å². The number of hydrogen-bond donors (Lipinski definition) is 5. The molecule has 0 saturated heterocycles. The topological polar surface area (TPSA) is 195 Å². The number of phosphoric acid groups is 2. The Labute approximate surface area is 328 Å². The van der Waals surface area contributed by atoms with Crippen molar-refractivity contribution in [2.45, 2.75) is 109 Å². The lowest BCUT2D eigenvalue weighted by atomic mass is 9.43. The number of amides is 1. The van der Waals surface area contributed by atoms with E-state index in [9.17, 15) is 42.8 Å². The molecule has 5 aliphatic rings. The van der Waals surface area contributed by atoms with E-state index in [-0.39, 0.29) is 61.7 Å². The van der Waals surface area contributed by atoms with Crippen LogP contribution in [0.5, 0.6) is 0 Å². The number of ether oxygens (including phenoxy) is 1. The minimum absolute atomic E-state index is 0.00239. The van der Waals surface area contributed by atoms with Gasteiger partial charge >= 0.3 is 21.6 Å². The quantitative estimate of drug-likeness (QED) is 0.0382. The van der Waals surface area contributed by atoms with Gasteiger partial charge in [0.1, 0.15) is 31.0 Å². The summed E-state index contributed by atoms with van der Waals surface area (Å²) in [6.45, 7) is 3.61. The van der Waals surface area contributed by atoms with Crippen LogP contribution in [0.3, 0.4) is 0 Å². The molecule has 0 aliphatic heterocycles. The molecule has 0 spiro atoms. The fourth-order valence-electron chi connectivity index (χ4n) is 10.2. The van der Waals surface area contributed by atoms with Crippen molar-refractivity contribution in [2.24, 2.45) is 34.0 Å². The lowest BCUT2D eigenvalue weighted by molar-refractivity contribution is -0.201. The molecular weight excluding hydrogens is 801 g/mol. The highest BCUT2D eigenvalue weighted by Gasteiger charge is 2.76. The largest absolute Gasteiger partial charge is 0.481 e. The van der Waals surface area contributed by atoms with Gasteiger partial charge in [-0.05, 0) is 86.8 Å². The third-order valence-corrected chi connectivity index (χ3v) is 16.2. The van der Waals surface area contributed by atoms with Gasteiger partial charge in [-0.1, -0.05) is 37.6 Å². The molecule has 0 aromatic heterocycles. The second kappa shape index (κ2) is 17.6. The molecule has 5 aliphatic carbocycles. The van der Waals surface area contributed by atoms with Crippen molar-refractivity contribution < 1.29 is 69.7 Å². The molecule has 56 heavy (non-hydrogen) atoms. The molecule has 4 N–H and O–H groups in total. The normalized spacial score (nSPS) is 38.9. The zero-order chi connectivity index (χ0) is 41.2. The number of allylic oxidation sites excluding steroid dienone is 4. The molecule has 0 radical (unpaired) electrons. The van der Waals surface area contributed by atoms with E-state index in [1.807, 2.05) is 6.92 Å². The van der Waals surface area contributed by atoms with Crippen LogP contribution in [0.15, 0.2) is 23.8 Å². The molecule has 13 nitrogen and oxygen atoms in total. The predicted molar refractivity (Wildman–Crippen MR) is 203 cm³/mol. The number of thiol groups is 1. The molecule has 3 unspecified atom stereocenters. The van der Waals surface area contributed by atoms with E-state index < -0.39 is 104 Å². The van der Waals surface area contributed by atoms with Crippen LogP contribution in [0.1, 0.15) is 85.0 Å². The summed E-state index contributed by atoms with van der Waals surface area (Å²) in [6.07, 6.45) is 2.57. The van der Waals surface area contributed by atoms with Crippen molar-refractivity contribution in [3.8, 4) is 11.8 Å². The number of carbonyl (C=O) groups is 3. The van der Waals surface area contributed by atoms with E-state index in [0.717, 1.165) is 37.8 Å². The third-order valence-electron chi connectivity index (χ3n) is 12.8. The summed E-state index contributed by atoms with van der Waals surface area (Å²) in [5.41, 5.74) is -7.04. The van der Waals surface area contributed by atoms with Crippen LogP contribution in [0.2, 0.25) is 0 Å². The first kappa shape index (κ1) is 45.0. The van der Waals surface area contributed by atoms with Gasteiger partial charge in [-0.2, -0.15) is 15.7 Å². The van der Waals surface area contributed by atoms with Crippen LogP contribution < -0.4 is 5.32 Å². The molecule has 0 heterocycles. The van der Waals surface area contributed by atoms with Gasteiger partial charge in [-0.3, -0.25) is 23.4 Å².